The van der Waals surface area contributed by atoms with Gasteiger partial charge < -0.3 is 4.90 Å². The Morgan fingerprint density at radius 1 is 1.38 bits per heavy atom. The third-order valence-corrected chi connectivity index (χ3v) is 5.11. The Hall–Kier alpha value is -0.480. The number of carbonyl (C=O) groups excluding carboxylic acids is 1. The van der Waals surface area contributed by atoms with Crippen molar-refractivity contribution in [2.24, 2.45) is 0 Å². The van der Waals surface area contributed by atoms with Crippen molar-refractivity contribution in [1.82, 2.24) is 4.90 Å². The Morgan fingerprint density at radius 3 is 2.69 bits per heavy atom. The van der Waals surface area contributed by atoms with Crippen LogP contribution in [0.3, 0.4) is 0 Å². The quantitative estimate of drug-likeness (QED) is 0.836. The third kappa shape index (κ3) is 1.89. The molecule has 2 atom stereocenters. The average Bonchev–Trinajstić information content (AvgIpc) is 2.22. The number of hydrogen-bond donors (Lipinski definition) is 0. The van der Waals surface area contributed by atoms with Gasteiger partial charge in [-0.3, -0.25) is 4.79 Å². The molecule has 0 spiro atoms. The lowest BCUT2D eigenvalue weighted by atomic mass is 10.1. The van der Waals surface area contributed by atoms with E-state index >= 15 is 0 Å². The normalized spacial score (nSPS) is 27.8. The zero-order valence-corrected chi connectivity index (χ0v) is 11.1. The zero-order valence-electron chi connectivity index (χ0n) is 8.73. The largest absolute Gasteiger partial charge is 0.336 e. The number of benzene rings is 1. The number of thioether (sulfide) groups is 1. The maximum Gasteiger partial charge on any atom is 0.236 e. The number of rotatable bonds is 2. The monoisotopic (exact) mass is 297 g/mol. The minimum absolute atomic E-state index is 0.259. The van der Waals surface area contributed by atoms with Crippen LogP contribution in [0.2, 0.25) is 0 Å². The van der Waals surface area contributed by atoms with E-state index in [1.807, 2.05) is 28.8 Å². The predicted molar refractivity (Wildman–Crippen MR) is 69.3 cm³/mol. The number of piperidine rings is 1. The Bertz CT molecular complexity index is 414. The van der Waals surface area contributed by atoms with Crippen molar-refractivity contribution in [3.63, 3.8) is 0 Å². The second kappa shape index (κ2) is 4.08. The highest BCUT2D eigenvalue weighted by atomic mass is 79.9. The summed E-state index contributed by atoms with van der Waals surface area (Å²) in [5.74, 6) is 0.329. The Balaban J connectivity index is 1.70. The molecule has 16 heavy (non-hydrogen) atoms. The van der Waals surface area contributed by atoms with Crippen LogP contribution in [0.15, 0.2) is 28.7 Å². The molecule has 3 fully saturated rings. The fraction of sp³-hybridized carbons (Fsp3) is 0.417. The van der Waals surface area contributed by atoms with Gasteiger partial charge in [-0.25, -0.2) is 0 Å². The van der Waals surface area contributed by atoms with Crippen LogP contribution >= 0.6 is 27.7 Å². The van der Waals surface area contributed by atoms with Crippen LogP contribution in [0.5, 0.6) is 0 Å². The van der Waals surface area contributed by atoms with E-state index in [1.54, 1.807) is 0 Å². The van der Waals surface area contributed by atoms with Crippen LogP contribution in [0.25, 0.3) is 0 Å². The number of amides is 1. The molecular weight excluding hydrogens is 286 g/mol. The van der Waals surface area contributed by atoms with Crippen LogP contribution in [0.1, 0.15) is 12.0 Å². The lowest BCUT2D eigenvalue weighted by molar-refractivity contribution is -0.134. The summed E-state index contributed by atoms with van der Waals surface area (Å²) in [6.07, 6.45) is 1.10. The SMILES string of the molecule is O=C1C2CC(CN1Cc1ccc(Br)cc1)S2. The lowest BCUT2D eigenvalue weighted by Gasteiger charge is -2.45. The van der Waals surface area contributed by atoms with Crippen molar-refractivity contribution in [1.29, 1.82) is 0 Å². The van der Waals surface area contributed by atoms with Gasteiger partial charge in [-0.1, -0.05) is 28.1 Å². The molecule has 4 rings (SSSR count). The second-order valence-electron chi connectivity index (χ2n) is 4.33. The van der Waals surface area contributed by atoms with Crippen molar-refractivity contribution in [3.05, 3.63) is 34.3 Å². The van der Waals surface area contributed by atoms with Crippen molar-refractivity contribution >= 4 is 33.6 Å². The van der Waals surface area contributed by atoms with E-state index in [2.05, 4.69) is 28.1 Å². The molecule has 1 aromatic rings. The van der Waals surface area contributed by atoms with Gasteiger partial charge in [0.25, 0.3) is 0 Å². The molecule has 0 saturated carbocycles. The molecule has 2 bridgehead atoms. The van der Waals surface area contributed by atoms with Gasteiger partial charge in [0.2, 0.25) is 5.91 Å². The van der Waals surface area contributed by atoms with Gasteiger partial charge in [0, 0.05) is 22.8 Å². The molecule has 0 aliphatic carbocycles. The van der Waals surface area contributed by atoms with Gasteiger partial charge in [-0.05, 0) is 24.1 Å². The number of hydrogen-bond acceptors (Lipinski definition) is 2. The van der Waals surface area contributed by atoms with E-state index in [1.165, 1.54) is 5.56 Å². The topological polar surface area (TPSA) is 20.3 Å². The fourth-order valence-electron chi connectivity index (χ4n) is 2.23. The van der Waals surface area contributed by atoms with Gasteiger partial charge in [-0.2, -0.15) is 0 Å². The van der Waals surface area contributed by atoms with E-state index in [9.17, 15) is 4.79 Å². The maximum absolute atomic E-state index is 11.9. The highest BCUT2D eigenvalue weighted by Gasteiger charge is 2.44. The Morgan fingerprint density at radius 2 is 2.06 bits per heavy atom. The van der Waals surface area contributed by atoms with Gasteiger partial charge in [0.05, 0.1) is 5.25 Å². The number of fused-ring (bicyclic) bond motifs is 2. The van der Waals surface area contributed by atoms with Gasteiger partial charge in [0.1, 0.15) is 0 Å². The first kappa shape index (κ1) is 10.7. The molecule has 0 radical (unpaired) electrons. The Labute approximate surface area is 108 Å². The smallest absolute Gasteiger partial charge is 0.236 e. The molecule has 3 saturated heterocycles. The second-order valence-corrected chi connectivity index (χ2v) is 6.75. The molecule has 2 unspecified atom stereocenters. The third-order valence-electron chi connectivity index (χ3n) is 3.13. The summed E-state index contributed by atoms with van der Waals surface area (Å²) >= 11 is 5.26. The molecule has 4 heteroatoms. The summed E-state index contributed by atoms with van der Waals surface area (Å²) in [5.41, 5.74) is 1.21. The summed E-state index contributed by atoms with van der Waals surface area (Å²) < 4.78 is 1.08. The summed E-state index contributed by atoms with van der Waals surface area (Å²) in [7, 11) is 0. The van der Waals surface area contributed by atoms with Crippen LogP contribution < -0.4 is 0 Å². The number of nitrogens with zero attached hydrogens (tertiary/aromatic N) is 1. The minimum atomic E-state index is 0.259. The van der Waals surface area contributed by atoms with Crippen molar-refractivity contribution in [2.75, 3.05) is 6.54 Å². The number of halogens is 1. The summed E-state index contributed by atoms with van der Waals surface area (Å²) in [6.45, 7) is 1.69. The minimum Gasteiger partial charge on any atom is -0.336 e. The first-order valence-corrected chi connectivity index (χ1v) is 7.14. The van der Waals surface area contributed by atoms with Crippen molar-refractivity contribution < 1.29 is 4.79 Å². The average molecular weight is 298 g/mol. The van der Waals surface area contributed by atoms with E-state index in [0.717, 1.165) is 24.0 Å². The first-order chi connectivity index (χ1) is 7.72. The van der Waals surface area contributed by atoms with Gasteiger partial charge in [-0.15, -0.1) is 11.8 Å². The molecule has 1 amide bonds. The zero-order chi connectivity index (χ0) is 11.1. The van der Waals surface area contributed by atoms with Gasteiger partial charge in [0.15, 0.2) is 0 Å². The summed E-state index contributed by atoms with van der Waals surface area (Å²) in [5, 5.41) is 0.951. The molecule has 3 aliphatic heterocycles. The summed E-state index contributed by atoms with van der Waals surface area (Å²) in [6, 6.07) is 8.20. The standard InChI is InChI=1S/C12H12BrNOS/c13-9-3-1-8(2-4-9)6-14-7-10-5-11(16-10)12(14)15/h1-4,10-11H,5-7H2. The van der Waals surface area contributed by atoms with E-state index < -0.39 is 0 Å². The van der Waals surface area contributed by atoms with Crippen molar-refractivity contribution in [2.45, 2.75) is 23.5 Å². The molecule has 0 aromatic heterocycles. The molecule has 0 N–H and O–H groups in total. The van der Waals surface area contributed by atoms with Crippen LogP contribution in [-0.4, -0.2) is 27.9 Å². The molecule has 2 nitrogen and oxygen atoms in total. The molecular formula is C12H12BrNOS. The van der Waals surface area contributed by atoms with Gasteiger partial charge >= 0.3 is 0 Å². The summed E-state index contributed by atoms with van der Waals surface area (Å²) in [4.78, 5) is 13.9. The van der Waals surface area contributed by atoms with Crippen LogP contribution in [-0.2, 0) is 11.3 Å². The predicted octanol–water partition coefficient (Wildman–Crippen LogP) is 2.67. The molecule has 84 valence electrons. The van der Waals surface area contributed by atoms with E-state index in [-0.39, 0.29) is 5.25 Å². The molecule has 3 aliphatic rings. The first-order valence-electron chi connectivity index (χ1n) is 5.41. The molecule has 3 heterocycles. The highest BCUT2D eigenvalue weighted by molar-refractivity contribution is 9.10. The lowest BCUT2D eigenvalue weighted by Crippen LogP contribution is -2.54. The van der Waals surface area contributed by atoms with E-state index in [0.29, 0.717) is 11.2 Å². The molecule has 1 aromatic carbocycles. The van der Waals surface area contributed by atoms with Crippen LogP contribution in [0.4, 0.5) is 0 Å². The highest BCUT2D eigenvalue weighted by Crippen LogP contribution is 2.42. The fourth-order valence-corrected chi connectivity index (χ4v) is 3.78. The van der Waals surface area contributed by atoms with E-state index in [4.69, 9.17) is 0 Å². The van der Waals surface area contributed by atoms with Crippen LogP contribution in [0, 0.1) is 0 Å². The van der Waals surface area contributed by atoms with Crippen molar-refractivity contribution in [3.8, 4) is 0 Å². The Kier molecular flexibility index (Phi) is 2.72. The number of carbonyl (C=O) groups is 1. The maximum atomic E-state index is 11.9.